The molecule has 0 atom stereocenters. The first-order chi connectivity index (χ1) is 14.7. The molecule has 0 aromatic heterocycles. The molecule has 0 radical (unpaired) electrons. The Morgan fingerprint density at radius 3 is 1.97 bits per heavy atom. The second-order valence-corrected chi connectivity index (χ2v) is 6.56. The Bertz CT molecular complexity index is 1010. The Kier molecular flexibility index (Phi) is 7.69. The van der Waals surface area contributed by atoms with Crippen molar-refractivity contribution >= 4 is 29.3 Å². The number of allylic oxidation sites excluding steroid dienone is 1. The van der Waals surface area contributed by atoms with Crippen LogP contribution in [0.4, 0.5) is 5.69 Å². The van der Waals surface area contributed by atoms with E-state index in [4.69, 9.17) is 0 Å². The molecule has 0 saturated carbocycles. The van der Waals surface area contributed by atoms with Crippen LogP contribution in [-0.4, -0.2) is 17.5 Å². The highest BCUT2D eigenvalue weighted by Gasteiger charge is 2.07. The minimum absolute atomic E-state index is 0.0483. The molecule has 0 spiro atoms. The quantitative estimate of drug-likeness (QED) is 0.429. The topological polar surface area (TPSA) is 70.6 Å². The van der Waals surface area contributed by atoms with Gasteiger partial charge in [-0.15, -0.1) is 0 Å². The fraction of sp³-hybridized carbons (Fsp3) is 0.0800. The molecule has 2 amide bonds. The fourth-order valence-corrected chi connectivity index (χ4v) is 2.70. The maximum absolute atomic E-state index is 12.2. The summed E-state index contributed by atoms with van der Waals surface area (Å²) in [5.41, 5.74) is 5.80. The van der Waals surface area contributed by atoms with Crippen LogP contribution in [0.5, 0.6) is 0 Å². The van der Waals surface area contributed by atoms with E-state index in [0.717, 1.165) is 11.1 Å². The second kappa shape index (κ2) is 11.1. The summed E-state index contributed by atoms with van der Waals surface area (Å²) in [7, 11) is 0. The van der Waals surface area contributed by atoms with Crippen molar-refractivity contribution in [1.29, 1.82) is 0 Å². The first kappa shape index (κ1) is 20.7. The molecule has 0 unspecified atom stereocenters. The van der Waals surface area contributed by atoms with Crippen LogP contribution in [0.3, 0.4) is 0 Å². The molecule has 0 aliphatic carbocycles. The monoisotopic (exact) mass is 397 g/mol. The fourth-order valence-electron chi connectivity index (χ4n) is 2.70. The number of hydrogen-bond acceptors (Lipinski definition) is 3. The summed E-state index contributed by atoms with van der Waals surface area (Å²) in [6.45, 7) is 0. The highest BCUT2D eigenvalue weighted by atomic mass is 16.2. The van der Waals surface area contributed by atoms with Crippen LogP contribution in [0.2, 0.25) is 0 Å². The van der Waals surface area contributed by atoms with Gasteiger partial charge >= 0.3 is 0 Å². The molecule has 150 valence electrons. The van der Waals surface area contributed by atoms with Crippen molar-refractivity contribution in [3.63, 3.8) is 0 Å². The summed E-state index contributed by atoms with van der Waals surface area (Å²) >= 11 is 0. The summed E-state index contributed by atoms with van der Waals surface area (Å²) in [4.78, 5) is 24.2. The molecule has 30 heavy (non-hydrogen) atoms. The maximum atomic E-state index is 12.2. The van der Waals surface area contributed by atoms with Gasteiger partial charge in [0.05, 0.1) is 5.71 Å². The van der Waals surface area contributed by atoms with E-state index >= 15 is 0 Å². The van der Waals surface area contributed by atoms with Crippen molar-refractivity contribution in [3.8, 4) is 0 Å². The molecule has 0 saturated heterocycles. The zero-order valence-electron chi connectivity index (χ0n) is 16.5. The van der Waals surface area contributed by atoms with Gasteiger partial charge in [0, 0.05) is 24.1 Å². The van der Waals surface area contributed by atoms with Crippen molar-refractivity contribution in [2.75, 3.05) is 5.32 Å². The number of hydrazone groups is 1. The second-order valence-electron chi connectivity index (χ2n) is 6.56. The van der Waals surface area contributed by atoms with Gasteiger partial charge in [-0.2, -0.15) is 5.10 Å². The first-order valence-electron chi connectivity index (χ1n) is 9.71. The smallest absolute Gasteiger partial charge is 0.240 e. The summed E-state index contributed by atoms with van der Waals surface area (Å²) in [5, 5.41) is 7.03. The van der Waals surface area contributed by atoms with Crippen LogP contribution < -0.4 is 10.7 Å². The average Bonchev–Trinajstić information content (AvgIpc) is 2.79. The third-order valence-corrected chi connectivity index (χ3v) is 4.24. The van der Waals surface area contributed by atoms with Crippen LogP contribution in [0.25, 0.3) is 6.08 Å². The molecule has 5 nitrogen and oxygen atoms in total. The summed E-state index contributed by atoms with van der Waals surface area (Å²) < 4.78 is 0. The first-order valence-corrected chi connectivity index (χ1v) is 9.71. The molecular weight excluding hydrogens is 374 g/mol. The van der Waals surface area contributed by atoms with Crippen LogP contribution in [0.15, 0.2) is 102 Å². The molecular formula is C25H23N3O2. The number of hydrogen-bond donors (Lipinski definition) is 2. The lowest BCUT2D eigenvalue weighted by atomic mass is 10.1. The standard InChI is InChI=1S/C25H23N3O2/c29-24(26-22-14-8-3-9-15-22)18-19-25(30)28-27-23(21-12-6-2-7-13-21)17-16-20-10-4-1-5-11-20/h1-17H,18-19H2,(H,26,29)(H,28,30)/b17-16+,27-23+. The Morgan fingerprint density at radius 1 is 0.733 bits per heavy atom. The van der Waals surface area contributed by atoms with Gasteiger partial charge in [-0.05, 0) is 23.8 Å². The van der Waals surface area contributed by atoms with E-state index in [0.29, 0.717) is 11.4 Å². The Labute approximate surface area is 176 Å². The predicted molar refractivity (Wildman–Crippen MR) is 121 cm³/mol. The lowest BCUT2D eigenvalue weighted by Gasteiger charge is -2.06. The molecule has 3 aromatic carbocycles. The molecule has 0 heterocycles. The molecule has 5 heteroatoms. The van der Waals surface area contributed by atoms with Gasteiger partial charge in [-0.1, -0.05) is 84.9 Å². The van der Waals surface area contributed by atoms with Crippen molar-refractivity contribution in [2.24, 2.45) is 5.10 Å². The van der Waals surface area contributed by atoms with E-state index in [9.17, 15) is 9.59 Å². The van der Waals surface area contributed by atoms with E-state index in [2.05, 4.69) is 15.8 Å². The Hall–Kier alpha value is -3.99. The third-order valence-electron chi connectivity index (χ3n) is 4.24. The number of benzene rings is 3. The van der Waals surface area contributed by atoms with Crippen LogP contribution in [0, 0.1) is 0 Å². The molecule has 3 rings (SSSR count). The maximum Gasteiger partial charge on any atom is 0.240 e. The van der Waals surface area contributed by atoms with Gasteiger partial charge in [-0.3, -0.25) is 9.59 Å². The van der Waals surface area contributed by atoms with Crippen LogP contribution in [0.1, 0.15) is 24.0 Å². The van der Waals surface area contributed by atoms with Crippen molar-refractivity contribution in [3.05, 3.63) is 108 Å². The van der Waals surface area contributed by atoms with Gasteiger partial charge in [0.1, 0.15) is 0 Å². The number of amides is 2. The predicted octanol–water partition coefficient (Wildman–Crippen LogP) is 4.64. The number of carbonyl (C=O) groups excluding carboxylic acids is 2. The number of para-hydroxylation sites is 1. The summed E-state index contributed by atoms with van der Waals surface area (Å²) in [6, 6.07) is 28.6. The molecule has 3 aromatic rings. The zero-order chi connectivity index (χ0) is 21.0. The number of nitrogens with zero attached hydrogens (tertiary/aromatic N) is 1. The van der Waals surface area contributed by atoms with E-state index < -0.39 is 0 Å². The molecule has 0 aliphatic heterocycles. The number of nitrogens with one attached hydrogen (secondary N) is 2. The van der Waals surface area contributed by atoms with Crippen LogP contribution >= 0.6 is 0 Å². The SMILES string of the molecule is O=C(CCC(=O)Nc1ccccc1)N/N=C(\C=C\c1ccccc1)c1ccccc1. The van der Waals surface area contributed by atoms with Gasteiger partial charge in [0.15, 0.2) is 0 Å². The Morgan fingerprint density at radius 2 is 1.30 bits per heavy atom. The van der Waals surface area contributed by atoms with Crippen molar-refractivity contribution in [2.45, 2.75) is 12.8 Å². The molecule has 2 N–H and O–H groups in total. The van der Waals surface area contributed by atoms with Gasteiger partial charge in [-0.25, -0.2) is 5.43 Å². The average molecular weight is 397 g/mol. The van der Waals surface area contributed by atoms with E-state index in [1.165, 1.54) is 0 Å². The lowest BCUT2D eigenvalue weighted by molar-refractivity contribution is -0.124. The van der Waals surface area contributed by atoms with E-state index in [-0.39, 0.29) is 24.7 Å². The van der Waals surface area contributed by atoms with Crippen LogP contribution in [-0.2, 0) is 9.59 Å². The van der Waals surface area contributed by atoms with E-state index in [1.54, 1.807) is 12.1 Å². The molecule has 0 bridgehead atoms. The van der Waals surface area contributed by atoms with Gasteiger partial charge in [0.25, 0.3) is 0 Å². The number of anilines is 1. The normalized spacial score (nSPS) is 11.3. The molecule has 0 aliphatic rings. The number of carbonyl (C=O) groups is 2. The Balaban J connectivity index is 1.59. The largest absolute Gasteiger partial charge is 0.326 e. The zero-order valence-corrected chi connectivity index (χ0v) is 16.5. The van der Waals surface area contributed by atoms with E-state index in [1.807, 2.05) is 91.0 Å². The summed E-state index contributed by atoms with van der Waals surface area (Å²) in [6.07, 6.45) is 3.92. The van der Waals surface area contributed by atoms with Crippen molar-refractivity contribution in [1.82, 2.24) is 5.43 Å². The third kappa shape index (κ3) is 6.87. The highest BCUT2D eigenvalue weighted by molar-refractivity contribution is 6.11. The molecule has 0 fully saturated rings. The van der Waals surface area contributed by atoms with Gasteiger partial charge in [0.2, 0.25) is 11.8 Å². The lowest BCUT2D eigenvalue weighted by Crippen LogP contribution is -2.22. The minimum Gasteiger partial charge on any atom is -0.326 e. The van der Waals surface area contributed by atoms with Gasteiger partial charge < -0.3 is 5.32 Å². The highest BCUT2D eigenvalue weighted by Crippen LogP contribution is 2.08. The number of rotatable bonds is 8. The van der Waals surface area contributed by atoms with Crippen molar-refractivity contribution < 1.29 is 9.59 Å². The minimum atomic E-state index is -0.320. The summed E-state index contributed by atoms with van der Waals surface area (Å²) in [5.74, 6) is -0.535.